The number of anilines is 2. The molecule has 0 saturated heterocycles. The molecule has 0 spiro atoms. The standard InChI is InChI=1S/C15H19N3OS/c1-8-6-13(10(3)20-8)9(2)18-14-7-11(16)4-5-12(14)15(17)19/h4-7,9,18H,16H2,1-3H3,(H2,17,19). The van der Waals surface area contributed by atoms with Gasteiger partial charge in [-0.15, -0.1) is 11.3 Å². The Bertz CT molecular complexity index is 649. The van der Waals surface area contributed by atoms with Crippen molar-refractivity contribution in [3.05, 3.63) is 45.1 Å². The summed E-state index contributed by atoms with van der Waals surface area (Å²) in [5, 5.41) is 3.33. The predicted molar refractivity (Wildman–Crippen MR) is 85.2 cm³/mol. The molecule has 0 bridgehead atoms. The van der Waals surface area contributed by atoms with Crippen LogP contribution < -0.4 is 16.8 Å². The quantitative estimate of drug-likeness (QED) is 0.756. The number of carbonyl (C=O) groups is 1. The van der Waals surface area contributed by atoms with Crippen LogP contribution in [0.1, 0.15) is 38.6 Å². The normalized spacial score (nSPS) is 12.2. The number of rotatable bonds is 4. The van der Waals surface area contributed by atoms with Gasteiger partial charge in [-0.1, -0.05) is 0 Å². The third-order valence-corrected chi connectivity index (χ3v) is 4.21. The first kappa shape index (κ1) is 14.4. The van der Waals surface area contributed by atoms with Crippen molar-refractivity contribution >= 4 is 28.6 Å². The molecule has 5 N–H and O–H groups in total. The van der Waals surface area contributed by atoms with E-state index in [1.54, 1.807) is 29.5 Å². The Morgan fingerprint density at radius 2 is 2.00 bits per heavy atom. The van der Waals surface area contributed by atoms with Crippen molar-refractivity contribution in [3.8, 4) is 0 Å². The van der Waals surface area contributed by atoms with Crippen LogP contribution in [0.5, 0.6) is 0 Å². The zero-order valence-corrected chi connectivity index (χ0v) is 12.7. The third kappa shape index (κ3) is 2.93. The molecular formula is C15H19N3OS. The molecule has 1 atom stereocenters. The molecule has 1 heterocycles. The molecule has 1 aromatic heterocycles. The fraction of sp³-hybridized carbons (Fsp3) is 0.267. The van der Waals surface area contributed by atoms with Crippen molar-refractivity contribution in [2.45, 2.75) is 26.8 Å². The van der Waals surface area contributed by atoms with E-state index in [9.17, 15) is 4.79 Å². The smallest absolute Gasteiger partial charge is 0.250 e. The largest absolute Gasteiger partial charge is 0.399 e. The monoisotopic (exact) mass is 289 g/mol. The molecule has 0 aliphatic carbocycles. The van der Waals surface area contributed by atoms with E-state index in [1.807, 2.05) is 0 Å². The highest BCUT2D eigenvalue weighted by Crippen LogP contribution is 2.30. The highest BCUT2D eigenvalue weighted by atomic mass is 32.1. The second-order valence-electron chi connectivity index (χ2n) is 4.90. The van der Waals surface area contributed by atoms with Crippen molar-refractivity contribution < 1.29 is 4.79 Å². The van der Waals surface area contributed by atoms with Crippen LogP contribution in [-0.2, 0) is 0 Å². The summed E-state index contributed by atoms with van der Waals surface area (Å²) in [4.78, 5) is 14.0. The molecular weight excluding hydrogens is 270 g/mol. The Morgan fingerprint density at radius 3 is 2.55 bits per heavy atom. The van der Waals surface area contributed by atoms with E-state index in [-0.39, 0.29) is 6.04 Å². The molecule has 0 saturated carbocycles. The summed E-state index contributed by atoms with van der Waals surface area (Å²) in [5.74, 6) is -0.460. The lowest BCUT2D eigenvalue weighted by Crippen LogP contribution is -2.16. The Hall–Kier alpha value is -2.01. The van der Waals surface area contributed by atoms with Gasteiger partial charge in [0.25, 0.3) is 5.91 Å². The molecule has 0 fully saturated rings. The van der Waals surface area contributed by atoms with Crippen LogP contribution in [0.4, 0.5) is 11.4 Å². The zero-order valence-electron chi connectivity index (χ0n) is 11.9. The number of hydrogen-bond donors (Lipinski definition) is 3. The minimum atomic E-state index is -0.460. The molecule has 1 unspecified atom stereocenters. The lowest BCUT2D eigenvalue weighted by atomic mass is 10.1. The Morgan fingerprint density at radius 1 is 1.30 bits per heavy atom. The highest BCUT2D eigenvalue weighted by Gasteiger charge is 2.15. The van der Waals surface area contributed by atoms with Crippen LogP contribution in [0.15, 0.2) is 24.3 Å². The van der Waals surface area contributed by atoms with Gasteiger partial charge in [-0.25, -0.2) is 0 Å². The summed E-state index contributed by atoms with van der Waals surface area (Å²) in [5.41, 5.74) is 14.1. The maximum absolute atomic E-state index is 11.5. The van der Waals surface area contributed by atoms with Crippen LogP contribution in [0, 0.1) is 13.8 Å². The molecule has 1 aromatic carbocycles. The molecule has 106 valence electrons. The SMILES string of the molecule is Cc1cc(C(C)Nc2cc(N)ccc2C(N)=O)c(C)s1. The fourth-order valence-corrected chi connectivity index (χ4v) is 3.31. The maximum atomic E-state index is 11.5. The van der Waals surface area contributed by atoms with Crippen molar-refractivity contribution in [1.29, 1.82) is 0 Å². The van der Waals surface area contributed by atoms with Gasteiger partial charge in [-0.3, -0.25) is 4.79 Å². The van der Waals surface area contributed by atoms with Gasteiger partial charge < -0.3 is 16.8 Å². The first-order valence-corrected chi connectivity index (χ1v) is 7.23. The molecule has 2 aromatic rings. The van der Waals surface area contributed by atoms with E-state index in [2.05, 4.69) is 32.2 Å². The van der Waals surface area contributed by atoms with E-state index in [0.29, 0.717) is 16.9 Å². The van der Waals surface area contributed by atoms with Gasteiger partial charge in [0.15, 0.2) is 0 Å². The number of nitrogens with two attached hydrogens (primary N) is 2. The predicted octanol–water partition coefficient (Wildman–Crippen LogP) is 3.22. The number of aryl methyl sites for hydroxylation is 2. The van der Waals surface area contributed by atoms with Gasteiger partial charge in [0, 0.05) is 27.2 Å². The minimum absolute atomic E-state index is 0.0832. The molecule has 0 aliphatic heterocycles. The lowest BCUT2D eigenvalue weighted by molar-refractivity contribution is 0.100. The Balaban J connectivity index is 2.32. The van der Waals surface area contributed by atoms with Gasteiger partial charge in [0.2, 0.25) is 0 Å². The topological polar surface area (TPSA) is 81.1 Å². The summed E-state index contributed by atoms with van der Waals surface area (Å²) in [6.45, 7) is 6.24. The van der Waals surface area contributed by atoms with Crippen molar-refractivity contribution in [2.24, 2.45) is 5.73 Å². The summed E-state index contributed by atoms with van der Waals surface area (Å²) in [6.07, 6.45) is 0. The van der Waals surface area contributed by atoms with Crippen LogP contribution in [0.25, 0.3) is 0 Å². The van der Waals surface area contributed by atoms with Crippen molar-refractivity contribution in [1.82, 2.24) is 0 Å². The van der Waals surface area contributed by atoms with E-state index in [1.165, 1.54) is 15.3 Å². The number of thiophene rings is 1. The number of carbonyl (C=O) groups excluding carboxylic acids is 1. The molecule has 4 nitrogen and oxygen atoms in total. The summed E-state index contributed by atoms with van der Waals surface area (Å²) < 4.78 is 0. The summed E-state index contributed by atoms with van der Waals surface area (Å²) in [7, 11) is 0. The highest BCUT2D eigenvalue weighted by molar-refractivity contribution is 7.12. The van der Waals surface area contributed by atoms with Gasteiger partial charge in [-0.2, -0.15) is 0 Å². The van der Waals surface area contributed by atoms with E-state index >= 15 is 0 Å². The molecule has 20 heavy (non-hydrogen) atoms. The number of benzene rings is 1. The average molecular weight is 289 g/mol. The van der Waals surface area contributed by atoms with E-state index < -0.39 is 5.91 Å². The first-order chi connectivity index (χ1) is 9.38. The Labute approximate surface area is 122 Å². The number of hydrogen-bond acceptors (Lipinski definition) is 4. The molecule has 2 rings (SSSR count). The van der Waals surface area contributed by atoms with Gasteiger partial charge in [-0.05, 0) is 50.6 Å². The molecule has 0 radical (unpaired) electrons. The lowest BCUT2D eigenvalue weighted by Gasteiger charge is -2.18. The maximum Gasteiger partial charge on any atom is 0.250 e. The van der Waals surface area contributed by atoms with Crippen molar-refractivity contribution in [3.63, 3.8) is 0 Å². The van der Waals surface area contributed by atoms with Crippen LogP contribution in [-0.4, -0.2) is 5.91 Å². The molecule has 5 heteroatoms. The summed E-state index contributed by atoms with van der Waals surface area (Å²) in [6, 6.07) is 7.31. The molecule has 0 aliphatic rings. The number of nitrogen functional groups attached to an aromatic ring is 1. The Kier molecular flexibility index (Phi) is 3.99. The van der Waals surface area contributed by atoms with Gasteiger partial charge >= 0.3 is 0 Å². The minimum Gasteiger partial charge on any atom is -0.399 e. The van der Waals surface area contributed by atoms with E-state index in [0.717, 1.165) is 0 Å². The van der Waals surface area contributed by atoms with Crippen LogP contribution in [0.2, 0.25) is 0 Å². The molecule has 1 amide bonds. The average Bonchev–Trinajstić information content (AvgIpc) is 2.68. The van der Waals surface area contributed by atoms with Crippen LogP contribution in [0.3, 0.4) is 0 Å². The van der Waals surface area contributed by atoms with Gasteiger partial charge in [0.1, 0.15) is 0 Å². The second kappa shape index (κ2) is 5.54. The first-order valence-electron chi connectivity index (χ1n) is 6.41. The number of primary amides is 1. The van der Waals surface area contributed by atoms with Crippen LogP contribution >= 0.6 is 11.3 Å². The third-order valence-electron chi connectivity index (χ3n) is 3.23. The summed E-state index contributed by atoms with van der Waals surface area (Å²) >= 11 is 1.77. The number of amides is 1. The number of nitrogens with one attached hydrogen (secondary N) is 1. The van der Waals surface area contributed by atoms with E-state index in [4.69, 9.17) is 11.5 Å². The van der Waals surface area contributed by atoms with Crippen molar-refractivity contribution in [2.75, 3.05) is 11.1 Å². The zero-order chi connectivity index (χ0) is 14.9. The second-order valence-corrected chi connectivity index (χ2v) is 6.36. The fourth-order valence-electron chi connectivity index (χ4n) is 2.29. The van der Waals surface area contributed by atoms with Gasteiger partial charge in [0.05, 0.1) is 5.56 Å².